The standard InChI is InChI=1S/C15H12FNO3S/c1-21(18,19)14-4-2-3-13(8-14)20-10-11-5-6-15(16)12(7-11)9-17/h2-8H,10H2,1H3. The van der Waals surface area contributed by atoms with Gasteiger partial charge in [0.15, 0.2) is 9.84 Å². The molecule has 0 saturated carbocycles. The van der Waals surface area contributed by atoms with E-state index in [1.165, 1.54) is 30.3 Å². The molecule has 21 heavy (non-hydrogen) atoms. The lowest BCUT2D eigenvalue weighted by Crippen LogP contribution is -2.00. The Balaban J connectivity index is 2.16. The van der Waals surface area contributed by atoms with Crippen LogP contribution in [0.5, 0.6) is 5.75 Å². The van der Waals surface area contributed by atoms with E-state index in [1.807, 2.05) is 0 Å². The molecule has 0 bridgehead atoms. The van der Waals surface area contributed by atoms with Crippen molar-refractivity contribution >= 4 is 9.84 Å². The first kappa shape index (κ1) is 15.0. The summed E-state index contributed by atoms with van der Waals surface area (Å²) in [4.78, 5) is 0.164. The van der Waals surface area contributed by atoms with Gasteiger partial charge in [-0.1, -0.05) is 12.1 Å². The molecule has 0 heterocycles. The summed E-state index contributed by atoms with van der Waals surface area (Å²) in [6.45, 7) is 0.113. The molecule has 0 aliphatic heterocycles. The smallest absolute Gasteiger partial charge is 0.175 e. The third-order valence-corrected chi connectivity index (χ3v) is 3.90. The second-order valence-corrected chi connectivity index (χ2v) is 6.48. The van der Waals surface area contributed by atoms with Gasteiger partial charge in [0.05, 0.1) is 10.5 Å². The molecule has 0 atom stereocenters. The van der Waals surface area contributed by atoms with E-state index in [2.05, 4.69) is 0 Å². The minimum Gasteiger partial charge on any atom is -0.489 e. The molecular weight excluding hydrogens is 293 g/mol. The van der Waals surface area contributed by atoms with Crippen molar-refractivity contribution in [3.63, 3.8) is 0 Å². The number of halogens is 1. The number of sulfone groups is 1. The van der Waals surface area contributed by atoms with Gasteiger partial charge in [-0.2, -0.15) is 5.26 Å². The highest BCUT2D eigenvalue weighted by Crippen LogP contribution is 2.19. The molecule has 2 aromatic rings. The average Bonchev–Trinajstić information content (AvgIpc) is 2.46. The molecule has 0 spiro atoms. The van der Waals surface area contributed by atoms with Gasteiger partial charge in [0.2, 0.25) is 0 Å². The summed E-state index contributed by atoms with van der Waals surface area (Å²) in [5.41, 5.74) is 0.568. The Hall–Kier alpha value is -2.39. The Labute approximate surface area is 122 Å². The van der Waals surface area contributed by atoms with Crippen LogP contribution in [0, 0.1) is 17.1 Å². The van der Waals surface area contributed by atoms with Crippen molar-refractivity contribution in [2.45, 2.75) is 11.5 Å². The average molecular weight is 305 g/mol. The zero-order chi connectivity index (χ0) is 15.5. The molecule has 0 saturated heterocycles. The number of benzene rings is 2. The highest BCUT2D eigenvalue weighted by molar-refractivity contribution is 7.90. The van der Waals surface area contributed by atoms with Crippen LogP contribution in [0.4, 0.5) is 4.39 Å². The first-order valence-corrected chi connectivity index (χ1v) is 7.91. The van der Waals surface area contributed by atoms with Crippen LogP contribution >= 0.6 is 0 Å². The first-order valence-electron chi connectivity index (χ1n) is 6.01. The number of hydrogen-bond acceptors (Lipinski definition) is 4. The molecule has 4 nitrogen and oxygen atoms in total. The SMILES string of the molecule is CS(=O)(=O)c1cccc(OCc2ccc(F)c(C#N)c2)c1. The zero-order valence-electron chi connectivity index (χ0n) is 11.2. The Morgan fingerprint density at radius 1 is 1.24 bits per heavy atom. The highest BCUT2D eigenvalue weighted by atomic mass is 32.2. The van der Waals surface area contributed by atoms with Gasteiger partial charge in [-0.05, 0) is 35.9 Å². The van der Waals surface area contributed by atoms with Crippen LogP contribution in [0.15, 0.2) is 47.4 Å². The van der Waals surface area contributed by atoms with Gasteiger partial charge < -0.3 is 4.74 Å². The Morgan fingerprint density at radius 2 is 2.00 bits per heavy atom. The van der Waals surface area contributed by atoms with E-state index in [0.717, 1.165) is 6.26 Å². The highest BCUT2D eigenvalue weighted by Gasteiger charge is 2.08. The predicted octanol–water partition coefficient (Wildman–Crippen LogP) is 2.68. The number of nitriles is 1. The van der Waals surface area contributed by atoms with Crippen LogP contribution in [0.1, 0.15) is 11.1 Å². The predicted molar refractivity (Wildman–Crippen MR) is 75.0 cm³/mol. The van der Waals surface area contributed by atoms with E-state index >= 15 is 0 Å². The topological polar surface area (TPSA) is 67.2 Å². The lowest BCUT2D eigenvalue weighted by Gasteiger charge is -2.08. The largest absolute Gasteiger partial charge is 0.489 e. The van der Waals surface area contributed by atoms with E-state index < -0.39 is 15.7 Å². The summed E-state index contributed by atoms with van der Waals surface area (Å²) in [6, 6.07) is 12.0. The number of hydrogen-bond donors (Lipinski definition) is 0. The minimum absolute atomic E-state index is 0.0546. The summed E-state index contributed by atoms with van der Waals surface area (Å²) < 4.78 is 41.6. The minimum atomic E-state index is -3.30. The Kier molecular flexibility index (Phi) is 4.24. The quantitative estimate of drug-likeness (QED) is 0.871. The maximum atomic E-state index is 13.2. The zero-order valence-corrected chi connectivity index (χ0v) is 12.0. The van der Waals surface area contributed by atoms with Crippen molar-refractivity contribution in [1.82, 2.24) is 0 Å². The Morgan fingerprint density at radius 3 is 2.67 bits per heavy atom. The summed E-state index contributed by atoms with van der Waals surface area (Å²) in [5.74, 6) is -0.193. The second kappa shape index (κ2) is 5.94. The maximum absolute atomic E-state index is 13.2. The van der Waals surface area contributed by atoms with Crippen LogP contribution in [-0.2, 0) is 16.4 Å². The maximum Gasteiger partial charge on any atom is 0.175 e. The van der Waals surface area contributed by atoms with Crippen molar-refractivity contribution in [2.24, 2.45) is 0 Å². The van der Waals surface area contributed by atoms with Gasteiger partial charge in [-0.25, -0.2) is 12.8 Å². The summed E-state index contributed by atoms with van der Waals surface area (Å²) in [7, 11) is -3.30. The number of rotatable bonds is 4. The van der Waals surface area contributed by atoms with Gasteiger partial charge in [-0.3, -0.25) is 0 Å². The molecule has 0 amide bonds. The second-order valence-electron chi connectivity index (χ2n) is 4.46. The molecule has 0 aliphatic carbocycles. The van der Waals surface area contributed by atoms with Crippen LogP contribution in [0.25, 0.3) is 0 Å². The molecule has 0 fully saturated rings. The molecule has 0 N–H and O–H groups in total. The summed E-state index contributed by atoms with van der Waals surface area (Å²) in [6.07, 6.45) is 1.12. The van der Waals surface area contributed by atoms with Crippen LogP contribution in [0.3, 0.4) is 0 Å². The fourth-order valence-electron chi connectivity index (χ4n) is 1.71. The van der Waals surface area contributed by atoms with Crippen molar-refractivity contribution in [1.29, 1.82) is 5.26 Å². The fraction of sp³-hybridized carbons (Fsp3) is 0.133. The molecule has 6 heteroatoms. The van der Waals surface area contributed by atoms with E-state index in [4.69, 9.17) is 10.00 Å². The van der Waals surface area contributed by atoms with E-state index in [0.29, 0.717) is 11.3 Å². The first-order chi connectivity index (χ1) is 9.90. The van der Waals surface area contributed by atoms with E-state index in [9.17, 15) is 12.8 Å². The van der Waals surface area contributed by atoms with Gasteiger partial charge in [-0.15, -0.1) is 0 Å². The van der Waals surface area contributed by atoms with Crippen molar-refractivity contribution in [3.05, 3.63) is 59.4 Å². The Bertz CT molecular complexity index is 810. The van der Waals surface area contributed by atoms with E-state index in [-0.39, 0.29) is 17.1 Å². The van der Waals surface area contributed by atoms with Crippen molar-refractivity contribution in [2.75, 3.05) is 6.26 Å². The van der Waals surface area contributed by atoms with Crippen LogP contribution < -0.4 is 4.74 Å². The molecule has 0 radical (unpaired) electrons. The van der Waals surface area contributed by atoms with Crippen LogP contribution in [-0.4, -0.2) is 14.7 Å². The monoisotopic (exact) mass is 305 g/mol. The van der Waals surface area contributed by atoms with Crippen molar-refractivity contribution in [3.8, 4) is 11.8 Å². The van der Waals surface area contributed by atoms with Crippen LogP contribution in [0.2, 0.25) is 0 Å². The molecule has 2 rings (SSSR count). The van der Waals surface area contributed by atoms with Gasteiger partial charge in [0, 0.05) is 6.26 Å². The van der Waals surface area contributed by atoms with Gasteiger partial charge >= 0.3 is 0 Å². The molecule has 0 unspecified atom stereocenters. The van der Waals surface area contributed by atoms with Gasteiger partial charge in [0.1, 0.15) is 24.2 Å². The molecule has 108 valence electrons. The third-order valence-electron chi connectivity index (χ3n) is 2.79. The molecular formula is C15H12FNO3S. The van der Waals surface area contributed by atoms with E-state index in [1.54, 1.807) is 18.2 Å². The van der Waals surface area contributed by atoms with Gasteiger partial charge in [0.25, 0.3) is 0 Å². The lowest BCUT2D eigenvalue weighted by molar-refractivity contribution is 0.305. The normalized spacial score (nSPS) is 10.9. The number of nitrogens with zero attached hydrogens (tertiary/aromatic N) is 1. The molecule has 0 aliphatic rings. The summed E-state index contributed by atoms with van der Waals surface area (Å²) >= 11 is 0. The molecule has 2 aromatic carbocycles. The number of ether oxygens (including phenoxy) is 1. The third kappa shape index (κ3) is 3.80. The lowest BCUT2D eigenvalue weighted by atomic mass is 10.1. The van der Waals surface area contributed by atoms with Crippen molar-refractivity contribution < 1.29 is 17.5 Å². The molecule has 0 aromatic heterocycles. The summed E-state index contributed by atoms with van der Waals surface area (Å²) in [5, 5.41) is 8.76. The fourth-order valence-corrected chi connectivity index (χ4v) is 2.37.